The molecule has 0 aliphatic heterocycles. The number of hydrogen-bond donors (Lipinski definition) is 1. The van der Waals surface area contributed by atoms with Gasteiger partial charge in [-0.1, -0.05) is 27.7 Å². The maximum atomic E-state index is 11.4. The van der Waals surface area contributed by atoms with Gasteiger partial charge in [-0.25, -0.2) is 0 Å². The van der Waals surface area contributed by atoms with E-state index in [1.54, 1.807) is 0 Å². The van der Waals surface area contributed by atoms with Crippen molar-refractivity contribution in [3.63, 3.8) is 0 Å². The fraction of sp³-hybridized carbons (Fsp3) is 0.857. The molecule has 0 bridgehead atoms. The standard InChI is InChI=1S/C14H27NO3/c1-11(2)9-13(16)5-7-18-8-6-14(17)15-10-12(3)4/h11-12H,5-10H2,1-4H3,(H,15,17). The van der Waals surface area contributed by atoms with Gasteiger partial charge in [0.1, 0.15) is 5.78 Å². The van der Waals surface area contributed by atoms with Gasteiger partial charge < -0.3 is 10.1 Å². The minimum absolute atomic E-state index is 0.0113. The molecule has 106 valence electrons. The van der Waals surface area contributed by atoms with Crippen LogP contribution in [0.25, 0.3) is 0 Å². The fourth-order valence-electron chi connectivity index (χ4n) is 1.42. The Bertz CT molecular complexity index is 249. The van der Waals surface area contributed by atoms with Crippen molar-refractivity contribution in [3.05, 3.63) is 0 Å². The first kappa shape index (κ1) is 17.1. The van der Waals surface area contributed by atoms with Crippen molar-refractivity contribution >= 4 is 11.7 Å². The molecule has 4 nitrogen and oxygen atoms in total. The van der Waals surface area contributed by atoms with E-state index >= 15 is 0 Å². The van der Waals surface area contributed by atoms with Gasteiger partial charge in [-0.3, -0.25) is 9.59 Å². The van der Waals surface area contributed by atoms with E-state index < -0.39 is 0 Å². The van der Waals surface area contributed by atoms with Crippen LogP contribution in [-0.2, 0) is 14.3 Å². The summed E-state index contributed by atoms with van der Waals surface area (Å²) in [6.45, 7) is 9.66. The van der Waals surface area contributed by atoms with Gasteiger partial charge in [0.2, 0.25) is 5.91 Å². The summed E-state index contributed by atoms with van der Waals surface area (Å²) >= 11 is 0. The number of rotatable bonds is 10. The molecule has 0 heterocycles. The Kier molecular flexibility index (Phi) is 9.56. The Morgan fingerprint density at radius 1 is 1.00 bits per heavy atom. The maximum Gasteiger partial charge on any atom is 0.222 e. The molecule has 4 heteroatoms. The van der Waals surface area contributed by atoms with Crippen LogP contribution in [0.1, 0.15) is 47.0 Å². The van der Waals surface area contributed by atoms with Crippen LogP contribution < -0.4 is 5.32 Å². The predicted molar refractivity (Wildman–Crippen MR) is 72.4 cm³/mol. The third kappa shape index (κ3) is 11.6. The van der Waals surface area contributed by atoms with E-state index in [4.69, 9.17) is 4.74 Å². The lowest BCUT2D eigenvalue weighted by Crippen LogP contribution is -2.28. The van der Waals surface area contributed by atoms with E-state index in [0.29, 0.717) is 50.9 Å². The monoisotopic (exact) mass is 257 g/mol. The van der Waals surface area contributed by atoms with Crippen LogP contribution in [0.2, 0.25) is 0 Å². The Morgan fingerprint density at radius 2 is 1.61 bits per heavy atom. The second-order valence-corrected chi connectivity index (χ2v) is 5.45. The van der Waals surface area contributed by atoms with Crippen molar-refractivity contribution in [1.29, 1.82) is 0 Å². The number of ketones is 1. The molecule has 0 radical (unpaired) electrons. The molecular formula is C14H27NO3. The van der Waals surface area contributed by atoms with Crippen LogP contribution in [0, 0.1) is 11.8 Å². The number of carbonyl (C=O) groups is 2. The smallest absolute Gasteiger partial charge is 0.222 e. The molecule has 0 aliphatic rings. The molecule has 0 aliphatic carbocycles. The number of hydrogen-bond acceptors (Lipinski definition) is 3. The van der Waals surface area contributed by atoms with Crippen molar-refractivity contribution in [1.82, 2.24) is 5.32 Å². The highest BCUT2D eigenvalue weighted by atomic mass is 16.5. The minimum atomic E-state index is 0.0113. The van der Waals surface area contributed by atoms with Crippen LogP contribution >= 0.6 is 0 Å². The van der Waals surface area contributed by atoms with E-state index in [-0.39, 0.29) is 11.7 Å². The van der Waals surface area contributed by atoms with Crippen LogP contribution in [0.15, 0.2) is 0 Å². The van der Waals surface area contributed by atoms with Crippen molar-refractivity contribution in [3.8, 4) is 0 Å². The highest BCUT2D eigenvalue weighted by molar-refractivity contribution is 5.78. The molecule has 0 aromatic rings. The fourth-order valence-corrected chi connectivity index (χ4v) is 1.42. The van der Waals surface area contributed by atoms with Crippen LogP contribution in [0.4, 0.5) is 0 Å². The molecule has 0 atom stereocenters. The molecule has 0 saturated carbocycles. The Labute approximate surface area is 110 Å². The lowest BCUT2D eigenvalue weighted by Gasteiger charge is -2.08. The maximum absolute atomic E-state index is 11.4. The molecule has 1 N–H and O–H groups in total. The Hall–Kier alpha value is -0.900. The normalized spacial score (nSPS) is 11.0. The molecule has 0 unspecified atom stereocenters. The summed E-state index contributed by atoms with van der Waals surface area (Å²) in [5.74, 6) is 1.11. The summed E-state index contributed by atoms with van der Waals surface area (Å²) in [4.78, 5) is 22.7. The van der Waals surface area contributed by atoms with Gasteiger partial charge >= 0.3 is 0 Å². The summed E-state index contributed by atoms with van der Waals surface area (Å²) < 4.78 is 5.28. The number of Topliss-reactive ketones (excluding diaryl/α,β-unsaturated/α-hetero) is 1. The zero-order valence-electron chi connectivity index (χ0n) is 12.1. The summed E-state index contributed by atoms with van der Waals surface area (Å²) in [5.41, 5.74) is 0. The summed E-state index contributed by atoms with van der Waals surface area (Å²) in [7, 11) is 0. The first-order valence-electron chi connectivity index (χ1n) is 6.78. The third-order valence-electron chi connectivity index (χ3n) is 2.34. The second kappa shape index (κ2) is 10.1. The van der Waals surface area contributed by atoms with E-state index in [9.17, 15) is 9.59 Å². The third-order valence-corrected chi connectivity index (χ3v) is 2.34. The van der Waals surface area contributed by atoms with Gasteiger partial charge in [0.05, 0.1) is 13.2 Å². The van der Waals surface area contributed by atoms with Crippen LogP contribution in [-0.4, -0.2) is 31.4 Å². The van der Waals surface area contributed by atoms with Crippen molar-refractivity contribution in [2.45, 2.75) is 47.0 Å². The largest absolute Gasteiger partial charge is 0.380 e. The average Bonchev–Trinajstić information content (AvgIpc) is 2.24. The average molecular weight is 257 g/mol. The molecule has 18 heavy (non-hydrogen) atoms. The minimum Gasteiger partial charge on any atom is -0.380 e. The lowest BCUT2D eigenvalue weighted by molar-refractivity contribution is -0.122. The van der Waals surface area contributed by atoms with Crippen LogP contribution in [0.3, 0.4) is 0 Å². The van der Waals surface area contributed by atoms with Crippen molar-refractivity contribution < 1.29 is 14.3 Å². The molecule has 0 spiro atoms. The van der Waals surface area contributed by atoms with E-state index in [1.165, 1.54) is 0 Å². The van der Waals surface area contributed by atoms with Gasteiger partial charge in [-0.2, -0.15) is 0 Å². The Balaban J connectivity index is 3.40. The highest BCUT2D eigenvalue weighted by Crippen LogP contribution is 2.02. The molecule has 1 amide bonds. The topological polar surface area (TPSA) is 55.4 Å². The first-order chi connectivity index (χ1) is 8.41. The Morgan fingerprint density at radius 3 is 2.17 bits per heavy atom. The van der Waals surface area contributed by atoms with Gasteiger partial charge in [-0.15, -0.1) is 0 Å². The quantitative estimate of drug-likeness (QED) is 0.610. The molecule has 0 fully saturated rings. The van der Waals surface area contributed by atoms with E-state index in [2.05, 4.69) is 19.2 Å². The number of ether oxygens (including phenoxy) is 1. The first-order valence-corrected chi connectivity index (χ1v) is 6.78. The summed E-state index contributed by atoms with van der Waals surface area (Å²) in [6.07, 6.45) is 1.43. The van der Waals surface area contributed by atoms with E-state index in [1.807, 2.05) is 13.8 Å². The molecular weight excluding hydrogens is 230 g/mol. The molecule has 0 rings (SSSR count). The number of amides is 1. The van der Waals surface area contributed by atoms with Gasteiger partial charge in [0.15, 0.2) is 0 Å². The van der Waals surface area contributed by atoms with Gasteiger partial charge in [0.25, 0.3) is 0 Å². The molecule has 0 aromatic carbocycles. The summed E-state index contributed by atoms with van der Waals surface area (Å²) in [5, 5.41) is 2.82. The zero-order chi connectivity index (χ0) is 14.0. The SMILES string of the molecule is CC(C)CNC(=O)CCOCCC(=O)CC(C)C. The number of nitrogens with one attached hydrogen (secondary N) is 1. The predicted octanol–water partition coefficient (Wildman–Crippen LogP) is 2.17. The van der Waals surface area contributed by atoms with Crippen LogP contribution in [0.5, 0.6) is 0 Å². The van der Waals surface area contributed by atoms with Crippen molar-refractivity contribution in [2.75, 3.05) is 19.8 Å². The zero-order valence-corrected chi connectivity index (χ0v) is 12.1. The molecule has 0 saturated heterocycles. The number of carbonyl (C=O) groups excluding carboxylic acids is 2. The van der Waals surface area contributed by atoms with E-state index in [0.717, 1.165) is 0 Å². The molecule has 0 aromatic heterocycles. The van der Waals surface area contributed by atoms with Gasteiger partial charge in [-0.05, 0) is 11.8 Å². The second-order valence-electron chi connectivity index (χ2n) is 5.45. The highest BCUT2D eigenvalue weighted by Gasteiger charge is 2.05. The summed E-state index contributed by atoms with van der Waals surface area (Å²) in [6, 6.07) is 0. The van der Waals surface area contributed by atoms with Gasteiger partial charge in [0, 0.05) is 25.8 Å². The lowest BCUT2D eigenvalue weighted by atomic mass is 10.1. The van der Waals surface area contributed by atoms with Crippen molar-refractivity contribution in [2.24, 2.45) is 11.8 Å².